The highest BCUT2D eigenvalue weighted by atomic mass is 32.2. The van der Waals surface area contributed by atoms with E-state index in [4.69, 9.17) is 0 Å². The summed E-state index contributed by atoms with van der Waals surface area (Å²) >= 11 is 0. The van der Waals surface area contributed by atoms with Gasteiger partial charge in [-0.3, -0.25) is 4.98 Å². The minimum atomic E-state index is -3.80. The van der Waals surface area contributed by atoms with Crippen LogP contribution in [0.15, 0.2) is 58.8 Å². The van der Waals surface area contributed by atoms with Crippen LogP contribution >= 0.6 is 0 Å². The van der Waals surface area contributed by atoms with Crippen LogP contribution in [0.4, 0.5) is 4.39 Å². The van der Waals surface area contributed by atoms with Crippen molar-refractivity contribution in [3.63, 3.8) is 0 Å². The second-order valence-electron chi connectivity index (χ2n) is 3.98. The molecule has 7 heteroatoms. The average molecular weight is 293 g/mol. The lowest BCUT2D eigenvalue weighted by Gasteiger charge is -2.05. The summed E-state index contributed by atoms with van der Waals surface area (Å²) in [5, 5.41) is 3.82. The normalized spacial score (nSPS) is 12.2. The van der Waals surface area contributed by atoms with Crippen molar-refractivity contribution >= 4 is 15.7 Å². The maximum atomic E-state index is 12.8. The third-order valence-corrected chi connectivity index (χ3v) is 3.78. The zero-order chi connectivity index (χ0) is 14.6. The Morgan fingerprint density at radius 2 is 1.75 bits per heavy atom. The molecule has 0 aliphatic carbocycles. The van der Waals surface area contributed by atoms with Crippen molar-refractivity contribution in [3.05, 3.63) is 60.2 Å². The number of aromatic nitrogens is 1. The number of nitrogens with zero attached hydrogens (tertiary/aromatic N) is 2. The lowest BCUT2D eigenvalue weighted by atomic mass is 10.2. The molecule has 0 spiro atoms. The van der Waals surface area contributed by atoms with E-state index in [1.165, 1.54) is 12.1 Å². The lowest BCUT2D eigenvalue weighted by molar-refractivity contribution is 0.583. The molecule has 2 aromatic rings. The summed E-state index contributed by atoms with van der Waals surface area (Å²) in [6.07, 6.45) is 3.17. The minimum absolute atomic E-state index is 0.0508. The highest BCUT2D eigenvalue weighted by molar-refractivity contribution is 7.89. The standard InChI is InChI=1S/C13H12FN3O2S/c1-10(11-6-8-15-9-7-11)16-17-20(18,19)13-4-2-12(14)3-5-13/h2-9,17H,1H3/b16-10-. The molecule has 1 aromatic heterocycles. The molecule has 20 heavy (non-hydrogen) atoms. The summed E-state index contributed by atoms with van der Waals surface area (Å²) in [5.41, 5.74) is 1.25. The van der Waals surface area contributed by atoms with E-state index in [1.54, 1.807) is 31.5 Å². The number of hydrogen-bond acceptors (Lipinski definition) is 4. The molecule has 0 bridgehead atoms. The Morgan fingerprint density at radius 3 is 2.35 bits per heavy atom. The minimum Gasteiger partial charge on any atom is -0.265 e. The van der Waals surface area contributed by atoms with Gasteiger partial charge < -0.3 is 0 Å². The molecule has 0 saturated carbocycles. The van der Waals surface area contributed by atoms with Crippen LogP contribution in [0.25, 0.3) is 0 Å². The molecule has 1 heterocycles. The Morgan fingerprint density at radius 1 is 1.15 bits per heavy atom. The Bertz CT molecular complexity index is 713. The van der Waals surface area contributed by atoms with Gasteiger partial charge in [0.25, 0.3) is 10.0 Å². The van der Waals surface area contributed by atoms with Crippen LogP contribution in [0, 0.1) is 5.82 Å². The average Bonchev–Trinajstić information content (AvgIpc) is 2.46. The molecule has 0 amide bonds. The van der Waals surface area contributed by atoms with E-state index in [-0.39, 0.29) is 4.90 Å². The van der Waals surface area contributed by atoms with Gasteiger partial charge in [0.15, 0.2) is 0 Å². The van der Waals surface area contributed by atoms with Gasteiger partial charge >= 0.3 is 0 Å². The summed E-state index contributed by atoms with van der Waals surface area (Å²) in [6, 6.07) is 7.93. The molecule has 1 N–H and O–H groups in total. The molecular formula is C13H12FN3O2S. The Balaban J connectivity index is 2.19. The first kappa shape index (κ1) is 14.1. The van der Waals surface area contributed by atoms with Gasteiger partial charge in [-0.25, -0.2) is 4.39 Å². The van der Waals surface area contributed by atoms with Crippen LogP contribution in [0.3, 0.4) is 0 Å². The van der Waals surface area contributed by atoms with E-state index in [0.717, 1.165) is 17.7 Å². The molecule has 0 atom stereocenters. The fourth-order valence-corrected chi connectivity index (χ4v) is 2.31. The van der Waals surface area contributed by atoms with Crippen molar-refractivity contribution in [2.45, 2.75) is 11.8 Å². The number of rotatable bonds is 4. The van der Waals surface area contributed by atoms with Crippen LogP contribution in [-0.2, 0) is 10.0 Å². The van der Waals surface area contributed by atoms with E-state index in [9.17, 15) is 12.8 Å². The van der Waals surface area contributed by atoms with Crippen molar-refractivity contribution < 1.29 is 12.8 Å². The lowest BCUT2D eigenvalue weighted by Crippen LogP contribution is -2.20. The van der Waals surface area contributed by atoms with E-state index >= 15 is 0 Å². The summed E-state index contributed by atoms with van der Waals surface area (Å²) in [7, 11) is -3.80. The smallest absolute Gasteiger partial charge is 0.265 e. The van der Waals surface area contributed by atoms with Crippen molar-refractivity contribution in [3.8, 4) is 0 Å². The number of hydrazone groups is 1. The van der Waals surface area contributed by atoms with Gasteiger partial charge in [-0.1, -0.05) is 0 Å². The SMILES string of the molecule is C/C(=N/NS(=O)(=O)c1ccc(F)cc1)c1ccncc1. The summed E-state index contributed by atoms with van der Waals surface area (Å²) in [4.78, 5) is 5.92. The van der Waals surface area contributed by atoms with Crippen molar-refractivity contribution in [2.24, 2.45) is 5.10 Å². The molecule has 0 radical (unpaired) electrons. The van der Waals surface area contributed by atoms with Crippen molar-refractivity contribution in [2.75, 3.05) is 0 Å². The number of benzene rings is 1. The van der Waals surface area contributed by atoms with Gasteiger partial charge in [-0.15, -0.1) is 0 Å². The van der Waals surface area contributed by atoms with Crippen LogP contribution in [0.1, 0.15) is 12.5 Å². The maximum absolute atomic E-state index is 12.8. The first-order valence-corrected chi connectivity index (χ1v) is 7.19. The van der Waals surface area contributed by atoms with E-state index in [0.29, 0.717) is 5.71 Å². The summed E-state index contributed by atoms with van der Waals surface area (Å²) in [5.74, 6) is -0.500. The summed E-state index contributed by atoms with van der Waals surface area (Å²) in [6.45, 7) is 1.67. The third kappa shape index (κ3) is 3.39. The van der Waals surface area contributed by atoms with Crippen molar-refractivity contribution in [1.29, 1.82) is 0 Å². The van der Waals surface area contributed by atoms with Crippen LogP contribution in [-0.4, -0.2) is 19.1 Å². The van der Waals surface area contributed by atoms with Gasteiger partial charge in [0.05, 0.1) is 10.6 Å². The fraction of sp³-hybridized carbons (Fsp3) is 0.0769. The third-order valence-electron chi connectivity index (χ3n) is 2.56. The molecule has 0 saturated heterocycles. The Hall–Kier alpha value is -2.28. The van der Waals surface area contributed by atoms with E-state index in [1.807, 2.05) is 0 Å². The first-order valence-electron chi connectivity index (χ1n) is 5.71. The number of halogens is 1. The van der Waals surface area contributed by atoms with E-state index < -0.39 is 15.8 Å². The number of hydrogen-bond donors (Lipinski definition) is 1. The van der Waals surface area contributed by atoms with Gasteiger partial charge in [0.1, 0.15) is 5.82 Å². The maximum Gasteiger partial charge on any atom is 0.276 e. The monoisotopic (exact) mass is 293 g/mol. The molecule has 104 valence electrons. The molecule has 1 aromatic carbocycles. The molecular weight excluding hydrogens is 281 g/mol. The Kier molecular flexibility index (Phi) is 4.09. The van der Waals surface area contributed by atoms with Gasteiger partial charge in [-0.2, -0.15) is 18.4 Å². The molecule has 5 nitrogen and oxygen atoms in total. The summed E-state index contributed by atoms with van der Waals surface area (Å²) < 4.78 is 36.6. The zero-order valence-electron chi connectivity index (χ0n) is 10.6. The molecule has 2 rings (SSSR count). The topological polar surface area (TPSA) is 71.4 Å². The second-order valence-corrected chi connectivity index (χ2v) is 5.64. The number of nitrogens with one attached hydrogen (secondary N) is 1. The Labute approximate surface area is 116 Å². The molecule has 0 aliphatic heterocycles. The van der Waals surface area contributed by atoms with Crippen LogP contribution < -0.4 is 4.83 Å². The number of pyridine rings is 1. The van der Waals surface area contributed by atoms with Gasteiger partial charge in [0, 0.05) is 18.0 Å². The van der Waals surface area contributed by atoms with Crippen molar-refractivity contribution in [1.82, 2.24) is 9.82 Å². The van der Waals surface area contributed by atoms with Gasteiger partial charge in [-0.05, 0) is 43.3 Å². The highest BCUT2D eigenvalue weighted by Gasteiger charge is 2.12. The largest absolute Gasteiger partial charge is 0.276 e. The predicted molar refractivity (Wildman–Crippen MR) is 73.2 cm³/mol. The predicted octanol–water partition coefficient (Wildman–Crippen LogP) is 1.92. The fourth-order valence-electron chi connectivity index (χ4n) is 1.45. The van der Waals surface area contributed by atoms with E-state index in [2.05, 4.69) is 14.9 Å². The second kappa shape index (κ2) is 5.79. The first-order chi connectivity index (χ1) is 9.49. The molecule has 0 aliphatic rings. The zero-order valence-corrected chi connectivity index (χ0v) is 11.4. The van der Waals surface area contributed by atoms with Gasteiger partial charge in [0.2, 0.25) is 0 Å². The quantitative estimate of drug-likeness (QED) is 0.691. The van der Waals surface area contributed by atoms with Crippen LogP contribution in [0.2, 0.25) is 0 Å². The highest BCUT2D eigenvalue weighted by Crippen LogP contribution is 2.09. The number of sulfonamides is 1. The molecule has 0 unspecified atom stereocenters. The molecule has 0 fully saturated rings. The van der Waals surface area contributed by atoms with Crippen LogP contribution in [0.5, 0.6) is 0 Å².